The molecule has 5 heteroatoms. The van der Waals surface area contributed by atoms with Crippen LogP contribution in [-0.2, 0) is 16.0 Å². The zero-order valence-corrected chi connectivity index (χ0v) is 17.4. The summed E-state index contributed by atoms with van der Waals surface area (Å²) in [6.07, 6.45) is 4.25. The molecule has 1 saturated heterocycles. The molecular weight excluding hydrogens is 362 g/mol. The van der Waals surface area contributed by atoms with Crippen LogP contribution in [0.15, 0.2) is 42.6 Å². The number of amides is 1. The normalized spacial score (nSPS) is 19.6. The highest BCUT2D eigenvalue weighted by Gasteiger charge is 2.25. The van der Waals surface area contributed by atoms with Crippen molar-refractivity contribution < 1.29 is 9.53 Å². The number of pyridine rings is 1. The molecule has 3 heterocycles. The summed E-state index contributed by atoms with van der Waals surface area (Å²) in [7, 11) is 0. The van der Waals surface area contributed by atoms with Crippen molar-refractivity contribution in [3.05, 3.63) is 53.7 Å². The Morgan fingerprint density at radius 1 is 1.21 bits per heavy atom. The summed E-state index contributed by atoms with van der Waals surface area (Å²) in [6, 6.07) is 12.4. The summed E-state index contributed by atoms with van der Waals surface area (Å²) >= 11 is 0. The second-order valence-corrected chi connectivity index (χ2v) is 8.15. The van der Waals surface area contributed by atoms with Gasteiger partial charge in [-0.3, -0.25) is 9.78 Å². The lowest BCUT2D eigenvalue weighted by Gasteiger charge is -2.35. The third kappa shape index (κ3) is 4.35. The van der Waals surface area contributed by atoms with Crippen molar-refractivity contribution in [2.24, 2.45) is 0 Å². The highest BCUT2D eigenvalue weighted by Crippen LogP contribution is 2.31. The first-order valence-corrected chi connectivity index (χ1v) is 10.5. The van der Waals surface area contributed by atoms with Crippen molar-refractivity contribution in [2.75, 3.05) is 13.1 Å². The molecule has 0 aliphatic carbocycles. The lowest BCUT2D eigenvalue weighted by Crippen LogP contribution is -2.48. The third-order valence-electron chi connectivity index (χ3n) is 5.57. The molecule has 1 N–H and O–H groups in total. The minimum Gasteiger partial charge on any atom is -0.372 e. The van der Waals surface area contributed by atoms with Crippen LogP contribution in [0.4, 0.5) is 0 Å². The molecule has 29 heavy (non-hydrogen) atoms. The van der Waals surface area contributed by atoms with Crippen LogP contribution < -0.4 is 0 Å². The lowest BCUT2D eigenvalue weighted by atomic mass is 10.0. The number of morpholine rings is 1. The summed E-state index contributed by atoms with van der Waals surface area (Å²) in [5.74, 6) is 0.224. The van der Waals surface area contributed by atoms with Gasteiger partial charge in [-0.15, -0.1) is 0 Å². The maximum absolute atomic E-state index is 12.7. The Morgan fingerprint density at radius 3 is 2.72 bits per heavy atom. The Balaban J connectivity index is 1.53. The Morgan fingerprint density at radius 2 is 2.00 bits per heavy atom. The number of rotatable bonds is 5. The van der Waals surface area contributed by atoms with Gasteiger partial charge in [-0.2, -0.15) is 0 Å². The van der Waals surface area contributed by atoms with Gasteiger partial charge in [-0.1, -0.05) is 17.7 Å². The molecule has 0 spiro atoms. The quantitative estimate of drug-likeness (QED) is 0.697. The molecule has 1 amide bonds. The Labute approximate surface area is 172 Å². The largest absolute Gasteiger partial charge is 0.372 e. The maximum Gasteiger partial charge on any atom is 0.222 e. The number of ether oxygens (including phenoxy) is 1. The van der Waals surface area contributed by atoms with E-state index in [4.69, 9.17) is 4.74 Å². The highest BCUT2D eigenvalue weighted by molar-refractivity contribution is 5.90. The van der Waals surface area contributed by atoms with Crippen LogP contribution in [0, 0.1) is 6.92 Å². The van der Waals surface area contributed by atoms with E-state index < -0.39 is 0 Å². The predicted molar refractivity (Wildman–Crippen MR) is 116 cm³/mol. The van der Waals surface area contributed by atoms with Crippen molar-refractivity contribution in [3.63, 3.8) is 0 Å². The average Bonchev–Trinajstić information content (AvgIpc) is 3.05. The number of fused-ring (bicyclic) bond motifs is 1. The molecule has 1 fully saturated rings. The van der Waals surface area contributed by atoms with Crippen molar-refractivity contribution in [3.8, 4) is 11.4 Å². The topological polar surface area (TPSA) is 58.2 Å². The second-order valence-electron chi connectivity index (χ2n) is 8.15. The smallest absolute Gasteiger partial charge is 0.222 e. The first-order valence-electron chi connectivity index (χ1n) is 10.5. The van der Waals surface area contributed by atoms with E-state index >= 15 is 0 Å². The fraction of sp³-hybridized carbons (Fsp3) is 0.417. The number of hydrogen-bond acceptors (Lipinski definition) is 3. The number of aryl methyl sites for hydroxylation is 2. The number of benzene rings is 1. The first-order chi connectivity index (χ1) is 14.0. The Hall–Kier alpha value is -2.66. The molecular formula is C24H29N3O2. The SMILES string of the molecule is Cc1ccc2[nH]c(-c3ccccn3)c(CCCC(=O)N3CC(C)OC(C)C3)c2c1. The van der Waals surface area contributed by atoms with E-state index in [0.717, 1.165) is 29.7 Å². The molecule has 0 saturated carbocycles. The number of nitrogens with zero attached hydrogens (tertiary/aromatic N) is 2. The standard InChI is InChI=1S/C24H29N3O2/c1-16-10-11-21-20(13-16)19(24(26-21)22-8-4-5-12-25-22)7-6-9-23(28)27-14-17(2)29-18(3)15-27/h4-5,8,10-13,17-18,26H,6-7,9,14-15H2,1-3H3. The number of carbonyl (C=O) groups excluding carboxylic acids is 1. The van der Waals surface area contributed by atoms with Gasteiger partial charge in [0, 0.05) is 36.6 Å². The summed E-state index contributed by atoms with van der Waals surface area (Å²) in [6.45, 7) is 7.55. The molecule has 0 bridgehead atoms. The minimum atomic E-state index is 0.107. The van der Waals surface area contributed by atoms with Gasteiger partial charge < -0.3 is 14.6 Å². The molecule has 3 aromatic rings. The third-order valence-corrected chi connectivity index (χ3v) is 5.57. The molecule has 0 radical (unpaired) electrons. The van der Waals surface area contributed by atoms with Crippen LogP contribution in [0.3, 0.4) is 0 Å². The van der Waals surface area contributed by atoms with E-state index in [1.54, 1.807) is 0 Å². The molecule has 1 aliphatic heterocycles. The van der Waals surface area contributed by atoms with E-state index in [1.165, 1.54) is 16.5 Å². The Kier molecular flexibility index (Phi) is 5.67. The van der Waals surface area contributed by atoms with Crippen molar-refractivity contribution in [2.45, 2.75) is 52.2 Å². The minimum absolute atomic E-state index is 0.107. The van der Waals surface area contributed by atoms with Gasteiger partial charge in [0.2, 0.25) is 5.91 Å². The number of nitrogens with one attached hydrogen (secondary N) is 1. The summed E-state index contributed by atoms with van der Waals surface area (Å²) in [5.41, 5.74) is 5.61. The van der Waals surface area contributed by atoms with Gasteiger partial charge >= 0.3 is 0 Å². The maximum atomic E-state index is 12.7. The van der Waals surface area contributed by atoms with Gasteiger partial charge in [0.1, 0.15) is 0 Å². The molecule has 1 aliphatic rings. The van der Waals surface area contributed by atoms with Gasteiger partial charge in [0.05, 0.1) is 23.6 Å². The lowest BCUT2D eigenvalue weighted by molar-refractivity contribution is -0.143. The first kappa shape index (κ1) is 19.6. The molecule has 2 unspecified atom stereocenters. The van der Waals surface area contributed by atoms with Gasteiger partial charge in [-0.05, 0) is 63.4 Å². The number of aromatic nitrogens is 2. The van der Waals surface area contributed by atoms with Crippen LogP contribution >= 0.6 is 0 Å². The summed E-state index contributed by atoms with van der Waals surface area (Å²) in [5, 5.41) is 1.23. The van der Waals surface area contributed by atoms with Crippen LogP contribution in [0.5, 0.6) is 0 Å². The van der Waals surface area contributed by atoms with E-state index in [9.17, 15) is 4.79 Å². The van der Waals surface area contributed by atoms with Crippen molar-refractivity contribution >= 4 is 16.8 Å². The van der Waals surface area contributed by atoms with Crippen LogP contribution in [-0.4, -0.2) is 46.1 Å². The number of H-pyrrole nitrogens is 1. The predicted octanol–water partition coefficient (Wildman–Crippen LogP) is 4.50. The highest BCUT2D eigenvalue weighted by atomic mass is 16.5. The monoisotopic (exact) mass is 391 g/mol. The molecule has 2 aromatic heterocycles. The van der Waals surface area contributed by atoms with E-state index in [2.05, 4.69) is 35.1 Å². The zero-order valence-electron chi connectivity index (χ0n) is 17.4. The fourth-order valence-electron chi connectivity index (χ4n) is 4.31. The van der Waals surface area contributed by atoms with Crippen LogP contribution in [0.2, 0.25) is 0 Å². The van der Waals surface area contributed by atoms with Crippen molar-refractivity contribution in [1.29, 1.82) is 0 Å². The van der Waals surface area contributed by atoms with Gasteiger partial charge in [0.15, 0.2) is 0 Å². The molecule has 2 atom stereocenters. The van der Waals surface area contributed by atoms with Crippen LogP contribution in [0.25, 0.3) is 22.3 Å². The van der Waals surface area contributed by atoms with Crippen molar-refractivity contribution in [1.82, 2.24) is 14.9 Å². The van der Waals surface area contributed by atoms with E-state index in [0.29, 0.717) is 19.5 Å². The number of aromatic amines is 1. The van der Waals surface area contributed by atoms with E-state index in [1.807, 2.05) is 43.1 Å². The molecule has 4 rings (SSSR count). The molecule has 152 valence electrons. The molecule has 1 aromatic carbocycles. The van der Waals surface area contributed by atoms with Crippen LogP contribution in [0.1, 0.15) is 37.8 Å². The summed E-state index contributed by atoms with van der Waals surface area (Å²) < 4.78 is 5.75. The summed E-state index contributed by atoms with van der Waals surface area (Å²) in [4.78, 5) is 22.8. The van der Waals surface area contributed by atoms with E-state index in [-0.39, 0.29) is 18.1 Å². The molecule has 5 nitrogen and oxygen atoms in total. The van der Waals surface area contributed by atoms with Gasteiger partial charge in [-0.25, -0.2) is 0 Å². The Bertz CT molecular complexity index is 986. The average molecular weight is 392 g/mol. The second kappa shape index (κ2) is 8.37. The van der Waals surface area contributed by atoms with Gasteiger partial charge in [0.25, 0.3) is 0 Å². The zero-order chi connectivity index (χ0) is 20.4. The number of carbonyl (C=O) groups is 1. The number of hydrogen-bond donors (Lipinski definition) is 1. The fourth-order valence-corrected chi connectivity index (χ4v) is 4.31.